The maximum Gasteiger partial charge on any atom is 0.315 e. The number of fused-ring (bicyclic) bond motifs is 1. The van der Waals surface area contributed by atoms with Gasteiger partial charge in [-0.05, 0) is 36.1 Å². The molecule has 2 aromatic carbocycles. The van der Waals surface area contributed by atoms with E-state index in [4.69, 9.17) is 9.47 Å². The first kappa shape index (κ1) is 20.5. The van der Waals surface area contributed by atoms with E-state index in [1.54, 1.807) is 0 Å². The molecule has 0 aromatic heterocycles. The monoisotopic (exact) mass is 409 g/mol. The molecule has 2 aliphatic heterocycles. The summed E-state index contributed by atoms with van der Waals surface area (Å²) < 4.78 is 10.9. The summed E-state index contributed by atoms with van der Waals surface area (Å²) in [6, 6.07) is 16.7. The topological polar surface area (TPSA) is 62.8 Å². The van der Waals surface area contributed by atoms with Crippen molar-refractivity contribution in [2.45, 2.75) is 44.7 Å². The summed E-state index contributed by atoms with van der Waals surface area (Å²) in [5.41, 5.74) is 2.24. The van der Waals surface area contributed by atoms with Gasteiger partial charge in [-0.1, -0.05) is 50.2 Å². The minimum atomic E-state index is -0.211. The molecule has 2 amide bonds. The predicted molar refractivity (Wildman–Crippen MR) is 117 cm³/mol. The summed E-state index contributed by atoms with van der Waals surface area (Å²) in [5.74, 6) is 1.55. The molecule has 1 fully saturated rings. The van der Waals surface area contributed by atoms with Gasteiger partial charge in [-0.3, -0.25) is 4.90 Å². The molecule has 0 saturated carbocycles. The standard InChI is InChI=1S/C24H31N3O3/c1-24(2,19-8-9-21-22(14-19)30-17-29-21)16-25-23(28)26-20-10-12-27(13-11-20)15-18-6-4-3-5-7-18/h3-9,14,20H,10-13,15-17H2,1-2H3,(H2,25,26,28). The zero-order chi connectivity index (χ0) is 21.0. The Bertz CT molecular complexity index is 861. The number of hydrogen-bond acceptors (Lipinski definition) is 4. The Morgan fingerprint density at radius 1 is 1.07 bits per heavy atom. The van der Waals surface area contributed by atoms with Crippen molar-refractivity contribution in [2.24, 2.45) is 0 Å². The van der Waals surface area contributed by atoms with Crippen LogP contribution < -0.4 is 20.1 Å². The molecule has 30 heavy (non-hydrogen) atoms. The average molecular weight is 410 g/mol. The average Bonchev–Trinajstić information content (AvgIpc) is 3.23. The fourth-order valence-corrected chi connectivity index (χ4v) is 4.03. The van der Waals surface area contributed by atoms with Gasteiger partial charge in [0.25, 0.3) is 0 Å². The van der Waals surface area contributed by atoms with E-state index in [0.717, 1.165) is 49.5 Å². The summed E-state index contributed by atoms with van der Waals surface area (Å²) in [4.78, 5) is 14.9. The van der Waals surface area contributed by atoms with Crippen LogP contribution in [-0.2, 0) is 12.0 Å². The number of ether oxygens (including phenoxy) is 2. The highest BCUT2D eigenvalue weighted by Crippen LogP contribution is 2.36. The fraction of sp³-hybridized carbons (Fsp3) is 0.458. The summed E-state index contributed by atoms with van der Waals surface area (Å²) in [6.45, 7) is 8.03. The molecule has 6 nitrogen and oxygen atoms in total. The number of urea groups is 1. The smallest absolute Gasteiger partial charge is 0.315 e. The number of nitrogens with one attached hydrogen (secondary N) is 2. The molecule has 0 spiro atoms. The van der Waals surface area contributed by atoms with Gasteiger partial charge in [0.1, 0.15) is 0 Å². The summed E-state index contributed by atoms with van der Waals surface area (Å²) in [6.07, 6.45) is 1.96. The van der Waals surface area contributed by atoms with Crippen molar-refractivity contribution in [2.75, 3.05) is 26.4 Å². The number of likely N-dealkylation sites (tertiary alicyclic amines) is 1. The predicted octanol–water partition coefficient (Wildman–Crippen LogP) is 3.66. The largest absolute Gasteiger partial charge is 0.454 e. The van der Waals surface area contributed by atoms with Crippen LogP contribution in [0.25, 0.3) is 0 Å². The van der Waals surface area contributed by atoms with Crippen molar-refractivity contribution in [3.05, 3.63) is 59.7 Å². The number of carbonyl (C=O) groups excluding carboxylic acids is 1. The number of amides is 2. The molecule has 2 aliphatic rings. The second-order valence-corrected chi connectivity index (χ2v) is 8.81. The van der Waals surface area contributed by atoms with Crippen LogP contribution in [0.15, 0.2) is 48.5 Å². The number of nitrogens with zero attached hydrogens (tertiary/aromatic N) is 1. The molecule has 4 rings (SSSR count). The van der Waals surface area contributed by atoms with E-state index in [9.17, 15) is 4.79 Å². The minimum Gasteiger partial charge on any atom is -0.454 e. The van der Waals surface area contributed by atoms with Crippen molar-refractivity contribution >= 4 is 6.03 Å². The number of piperidine rings is 1. The summed E-state index contributed by atoms with van der Waals surface area (Å²) in [7, 11) is 0. The van der Waals surface area contributed by atoms with Gasteiger partial charge in [0.15, 0.2) is 11.5 Å². The van der Waals surface area contributed by atoms with Crippen LogP contribution in [0, 0.1) is 0 Å². The fourth-order valence-electron chi connectivity index (χ4n) is 4.03. The molecular formula is C24H31N3O3. The maximum absolute atomic E-state index is 12.5. The van der Waals surface area contributed by atoms with Crippen LogP contribution in [-0.4, -0.2) is 43.4 Å². The molecule has 0 bridgehead atoms. The van der Waals surface area contributed by atoms with Crippen LogP contribution >= 0.6 is 0 Å². The minimum absolute atomic E-state index is 0.0923. The van der Waals surface area contributed by atoms with Crippen LogP contribution in [0.1, 0.15) is 37.8 Å². The molecule has 160 valence electrons. The highest BCUT2D eigenvalue weighted by atomic mass is 16.7. The molecular weight excluding hydrogens is 378 g/mol. The Morgan fingerprint density at radius 2 is 1.80 bits per heavy atom. The highest BCUT2D eigenvalue weighted by Gasteiger charge is 2.26. The van der Waals surface area contributed by atoms with E-state index in [0.29, 0.717) is 6.54 Å². The third-order valence-electron chi connectivity index (χ3n) is 6.02. The van der Waals surface area contributed by atoms with Crippen LogP contribution in [0.5, 0.6) is 11.5 Å². The second-order valence-electron chi connectivity index (χ2n) is 8.81. The number of hydrogen-bond donors (Lipinski definition) is 2. The first-order valence-corrected chi connectivity index (χ1v) is 10.7. The molecule has 0 atom stereocenters. The van der Waals surface area contributed by atoms with E-state index in [-0.39, 0.29) is 24.3 Å². The van der Waals surface area contributed by atoms with Gasteiger partial charge in [-0.25, -0.2) is 4.79 Å². The van der Waals surface area contributed by atoms with E-state index in [2.05, 4.69) is 53.6 Å². The summed E-state index contributed by atoms with van der Waals surface area (Å²) in [5, 5.41) is 6.20. The lowest BCUT2D eigenvalue weighted by molar-refractivity contribution is 0.174. The van der Waals surface area contributed by atoms with Gasteiger partial charge < -0.3 is 20.1 Å². The zero-order valence-corrected chi connectivity index (χ0v) is 17.8. The molecule has 0 aliphatic carbocycles. The van der Waals surface area contributed by atoms with Gasteiger partial charge in [-0.15, -0.1) is 0 Å². The third kappa shape index (κ3) is 5.05. The van der Waals surface area contributed by atoms with Crippen molar-refractivity contribution in [3.63, 3.8) is 0 Å². The third-order valence-corrected chi connectivity index (χ3v) is 6.02. The van der Waals surface area contributed by atoms with Gasteiger partial charge in [-0.2, -0.15) is 0 Å². The number of rotatable bonds is 6. The number of benzene rings is 2. The molecule has 0 unspecified atom stereocenters. The Labute approximate surface area is 178 Å². The molecule has 2 N–H and O–H groups in total. The van der Waals surface area contributed by atoms with Gasteiger partial charge >= 0.3 is 6.03 Å². The quantitative estimate of drug-likeness (QED) is 0.764. The van der Waals surface area contributed by atoms with Gasteiger partial charge in [0.2, 0.25) is 6.79 Å². The van der Waals surface area contributed by atoms with Crippen LogP contribution in [0.2, 0.25) is 0 Å². The van der Waals surface area contributed by atoms with Crippen molar-refractivity contribution < 1.29 is 14.3 Å². The molecule has 0 radical (unpaired) electrons. The first-order chi connectivity index (χ1) is 14.5. The highest BCUT2D eigenvalue weighted by molar-refractivity contribution is 5.74. The molecule has 1 saturated heterocycles. The molecule has 2 aromatic rings. The van der Waals surface area contributed by atoms with Gasteiger partial charge in [0.05, 0.1) is 0 Å². The van der Waals surface area contributed by atoms with Crippen LogP contribution in [0.3, 0.4) is 0 Å². The maximum atomic E-state index is 12.5. The molecule has 2 heterocycles. The van der Waals surface area contributed by atoms with Crippen molar-refractivity contribution in [3.8, 4) is 11.5 Å². The van der Waals surface area contributed by atoms with Crippen molar-refractivity contribution in [1.82, 2.24) is 15.5 Å². The van der Waals surface area contributed by atoms with Gasteiger partial charge in [0, 0.05) is 37.6 Å². The second kappa shape index (κ2) is 8.96. The van der Waals surface area contributed by atoms with Crippen LogP contribution in [0.4, 0.5) is 4.79 Å². The Kier molecular flexibility index (Phi) is 6.13. The van der Waals surface area contributed by atoms with E-state index < -0.39 is 0 Å². The normalized spacial score (nSPS) is 17.0. The number of carbonyl (C=O) groups is 1. The Morgan fingerprint density at radius 3 is 2.57 bits per heavy atom. The lowest BCUT2D eigenvalue weighted by Crippen LogP contribution is -2.49. The van der Waals surface area contributed by atoms with Crippen molar-refractivity contribution in [1.29, 1.82) is 0 Å². The SMILES string of the molecule is CC(C)(CNC(=O)NC1CCN(Cc2ccccc2)CC1)c1ccc2c(c1)OCO2. The van der Waals surface area contributed by atoms with E-state index in [1.807, 2.05) is 24.3 Å². The lowest BCUT2D eigenvalue weighted by Gasteiger charge is -2.33. The zero-order valence-electron chi connectivity index (χ0n) is 17.8. The lowest BCUT2D eigenvalue weighted by atomic mass is 9.84. The first-order valence-electron chi connectivity index (χ1n) is 10.7. The Hall–Kier alpha value is -2.73. The Balaban J connectivity index is 1.21. The summed E-state index contributed by atoms with van der Waals surface area (Å²) >= 11 is 0. The molecule has 6 heteroatoms. The van der Waals surface area contributed by atoms with E-state index >= 15 is 0 Å². The van der Waals surface area contributed by atoms with E-state index in [1.165, 1.54) is 5.56 Å².